The van der Waals surface area contributed by atoms with Gasteiger partial charge in [-0.2, -0.15) is 0 Å². The highest BCUT2D eigenvalue weighted by Crippen LogP contribution is 2.29. The van der Waals surface area contributed by atoms with Crippen molar-refractivity contribution in [1.29, 1.82) is 0 Å². The molecule has 0 heterocycles. The normalized spacial score (nSPS) is 11.3. The molecular weight excluding hydrogens is 576 g/mol. The minimum atomic E-state index is -1.08. The van der Waals surface area contributed by atoms with Crippen LogP contribution in [-0.4, -0.2) is 12.3 Å². The summed E-state index contributed by atoms with van der Waals surface area (Å²) in [6.45, 7) is 0.0589. The average molecular weight is 607 g/mol. The molecule has 2 atom stereocenters. The van der Waals surface area contributed by atoms with Crippen LogP contribution in [0.25, 0.3) is 0 Å². The Morgan fingerprint density at radius 3 is 1.15 bits per heavy atom. The molecule has 0 saturated heterocycles. The van der Waals surface area contributed by atoms with E-state index in [1.54, 1.807) is 24.3 Å². The standard InChI is InChI=1S/C40H30O6/c41-39(43-29-33-19-9-3-10-20-33)45-37(27-25-31-15-5-1-6-16-31)35-23-13-14-24-36(35)38(28-26-32-17-7-2-8-18-32)46-40(42)44-30-34-21-11-4-12-22-34/h1-24,37-38H,29-30H2. The van der Waals surface area contributed by atoms with Crippen molar-refractivity contribution in [2.75, 3.05) is 0 Å². The predicted octanol–water partition coefficient (Wildman–Crippen LogP) is 8.58. The Balaban J connectivity index is 1.45. The second-order valence-corrected chi connectivity index (χ2v) is 9.94. The molecule has 0 spiro atoms. The summed E-state index contributed by atoms with van der Waals surface area (Å²) in [7, 11) is 0. The Morgan fingerprint density at radius 1 is 0.457 bits per heavy atom. The van der Waals surface area contributed by atoms with E-state index in [4.69, 9.17) is 18.9 Å². The molecule has 0 aliphatic heterocycles. The van der Waals surface area contributed by atoms with Gasteiger partial charge in [-0.05, 0) is 47.2 Å². The van der Waals surface area contributed by atoms with Crippen LogP contribution in [0.1, 0.15) is 45.6 Å². The van der Waals surface area contributed by atoms with E-state index in [1.165, 1.54) is 0 Å². The molecule has 5 aromatic carbocycles. The smallest absolute Gasteiger partial charge is 0.429 e. The van der Waals surface area contributed by atoms with Gasteiger partial charge in [-0.1, -0.05) is 133 Å². The van der Waals surface area contributed by atoms with E-state index < -0.39 is 24.5 Å². The lowest BCUT2D eigenvalue weighted by Crippen LogP contribution is -2.17. The van der Waals surface area contributed by atoms with Gasteiger partial charge in [0.15, 0.2) is 12.2 Å². The van der Waals surface area contributed by atoms with Crippen LogP contribution in [0, 0.1) is 23.7 Å². The van der Waals surface area contributed by atoms with E-state index in [0.29, 0.717) is 11.1 Å². The van der Waals surface area contributed by atoms with Crippen molar-refractivity contribution in [3.05, 3.63) is 179 Å². The Labute approximate surface area is 268 Å². The monoisotopic (exact) mass is 606 g/mol. The van der Waals surface area contributed by atoms with E-state index >= 15 is 0 Å². The van der Waals surface area contributed by atoms with Crippen molar-refractivity contribution >= 4 is 12.3 Å². The zero-order valence-corrected chi connectivity index (χ0v) is 24.9. The molecule has 0 saturated carbocycles. The van der Waals surface area contributed by atoms with Crippen LogP contribution in [0.3, 0.4) is 0 Å². The third-order valence-electron chi connectivity index (χ3n) is 6.63. The average Bonchev–Trinajstić information content (AvgIpc) is 3.12. The molecule has 6 nitrogen and oxygen atoms in total. The first-order chi connectivity index (χ1) is 22.6. The van der Waals surface area contributed by atoms with Crippen molar-refractivity contribution in [2.24, 2.45) is 0 Å². The van der Waals surface area contributed by atoms with Gasteiger partial charge >= 0.3 is 12.3 Å². The lowest BCUT2D eigenvalue weighted by Gasteiger charge is -2.20. The van der Waals surface area contributed by atoms with Crippen LogP contribution >= 0.6 is 0 Å². The van der Waals surface area contributed by atoms with E-state index in [2.05, 4.69) is 23.7 Å². The summed E-state index contributed by atoms with van der Waals surface area (Å²) in [5.74, 6) is 12.3. The first-order valence-corrected chi connectivity index (χ1v) is 14.6. The summed E-state index contributed by atoms with van der Waals surface area (Å²) in [5, 5.41) is 0. The molecule has 0 amide bonds. The lowest BCUT2D eigenvalue weighted by atomic mass is 9.97. The number of rotatable bonds is 8. The molecule has 0 fully saturated rings. The highest BCUT2D eigenvalue weighted by atomic mass is 16.7. The van der Waals surface area contributed by atoms with Crippen molar-refractivity contribution in [2.45, 2.75) is 25.4 Å². The largest absolute Gasteiger partial charge is 0.510 e. The van der Waals surface area contributed by atoms with E-state index in [-0.39, 0.29) is 13.2 Å². The minimum Gasteiger partial charge on any atom is -0.429 e. The van der Waals surface area contributed by atoms with Crippen LogP contribution < -0.4 is 0 Å². The molecule has 46 heavy (non-hydrogen) atoms. The predicted molar refractivity (Wildman–Crippen MR) is 174 cm³/mol. The molecule has 0 aliphatic carbocycles. The van der Waals surface area contributed by atoms with Gasteiger partial charge in [0.05, 0.1) is 0 Å². The summed E-state index contributed by atoms with van der Waals surface area (Å²) < 4.78 is 22.4. The molecule has 5 aromatic rings. The Kier molecular flexibility index (Phi) is 11.2. The van der Waals surface area contributed by atoms with Gasteiger partial charge in [-0.15, -0.1) is 0 Å². The lowest BCUT2D eigenvalue weighted by molar-refractivity contribution is 0.0276. The number of benzene rings is 5. The SMILES string of the molecule is O=C(OCc1ccccc1)OC(C#Cc1ccccc1)c1ccccc1C(C#Cc1ccccc1)OC(=O)OCc1ccccc1. The fourth-order valence-electron chi connectivity index (χ4n) is 4.36. The quantitative estimate of drug-likeness (QED) is 0.130. The zero-order valence-electron chi connectivity index (χ0n) is 24.9. The van der Waals surface area contributed by atoms with Crippen LogP contribution in [0.5, 0.6) is 0 Å². The summed E-state index contributed by atoms with van der Waals surface area (Å²) in [5.41, 5.74) is 4.03. The molecule has 0 aliphatic rings. The Hall–Kier alpha value is -6.24. The summed E-state index contributed by atoms with van der Waals surface area (Å²) in [6, 6.07) is 44.3. The second kappa shape index (κ2) is 16.6. The van der Waals surface area contributed by atoms with Crippen molar-refractivity contribution in [3.8, 4) is 23.7 Å². The molecule has 2 unspecified atom stereocenters. The third kappa shape index (κ3) is 9.64. The molecule has 0 radical (unpaired) electrons. The van der Waals surface area contributed by atoms with Crippen molar-refractivity contribution in [3.63, 3.8) is 0 Å². The zero-order chi connectivity index (χ0) is 31.8. The van der Waals surface area contributed by atoms with E-state index in [9.17, 15) is 9.59 Å². The van der Waals surface area contributed by atoms with Crippen LogP contribution in [0.15, 0.2) is 146 Å². The highest BCUT2D eigenvalue weighted by Gasteiger charge is 2.25. The first kappa shape index (κ1) is 31.2. The van der Waals surface area contributed by atoms with Crippen molar-refractivity contribution < 1.29 is 28.5 Å². The molecule has 0 N–H and O–H groups in total. The molecule has 0 bridgehead atoms. The Morgan fingerprint density at radius 2 is 0.783 bits per heavy atom. The highest BCUT2D eigenvalue weighted by molar-refractivity contribution is 5.63. The number of carbonyl (C=O) groups excluding carboxylic acids is 2. The molecule has 226 valence electrons. The molecule has 6 heteroatoms. The van der Waals surface area contributed by atoms with Gasteiger partial charge in [-0.3, -0.25) is 0 Å². The van der Waals surface area contributed by atoms with Gasteiger partial charge in [0.1, 0.15) is 13.2 Å². The fraction of sp³-hybridized carbons (Fsp3) is 0.100. The topological polar surface area (TPSA) is 71.1 Å². The molecule has 5 rings (SSSR count). The van der Waals surface area contributed by atoms with Crippen molar-refractivity contribution in [1.82, 2.24) is 0 Å². The van der Waals surface area contributed by atoms with Gasteiger partial charge in [-0.25, -0.2) is 9.59 Å². The van der Waals surface area contributed by atoms with Gasteiger partial charge in [0.25, 0.3) is 0 Å². The van der Waals surface area contributed by atoms with Crippen LogP contribution in [0.4, 0.5) is 9.59 Å². The first-order valence-electron chi connectivity index (χ1n) is 14.6. The number of hydrogen-bond acceptors (Lipinski definition) is 6. The summed E-state index contributed by atoms with van der Waals surface area (Å²) in [6.07, 6.45) is -3.96. The second-order valence-electron chi connectivity index (χ2n) is 9.94. The van der Waals surface area contributed by atoms with Crippen LogP contribution in [0.2, 0.25) is 0 Å². The fourth-order valence-corrected chi connectivity index (χ4v) is 4.36. The maximum atomic E-state index is 13.0. The molecule has 0 aromatic heterocycles. The maximum Gasteiger partial charge on any atom is 0.510 e. The van der Waals surface area contributed by atoms with Gasteiger partial charge < -0.3 is 18.9 Å². The number of carbonyl (C=O) groups is 2. The van der Waals surface area contributed by atoms with E-state index in [1.807, 2.05) is 121 Å². The summed E-state index contributed by atoms with van der Waals surface area (Å²) >= 11 is 0. The Bertz CT molecular complexity index is 1700. The number of hydrogen-bond donors (Lipinski definition) is 0. The maximum absolute atomic E-state index is 13.0. The van der Waals surface area contributed by atoms with E-state index in [0.717, 1.165) is 22.3 Å². The van der Waals surface area contributed by atoms with Crippen LogP contribution in [-0.2, 0) is 32.2 Å². The minimum absolute atomic E-state index is 0.0295. The van der Waals surface area contributed by atoms with Gasteiger partial charge in [0, 0.05) is 22.3 Å². The summed E-state index contributed by atoms with van der Waals surface area (Å²) in [4.78, 5) is 25.9. The third-order valence-corrected chi connectivity index (χ3v) is 6.63. The molecular formula is C40H30O6. The number of ether oxygens (including phenoxy) is 4. The van der Waals surface area contributed by atoms with Gasteiger partial charge in [0.2, 0.25) is 0 Å².